The van der Waals surface area contributed by atoms with Crippen LogP contribution in [0.2, 0.25) is 0 Å². The van der Waals surface area contributed by atoms with Gasteiger partial charge in [-0.15, -0.1) is 16.9 Å². The SMILES string of the molecule is O=C(CCSc1ccccc1)N1CC(n2ccnn2)C1. The third-order valence-electron chi connectivity index (χ3n) is 3.36. The van der Waals surface area contributed by atoms with Crippen LogP contribution in [0.15, 0.2) is 47.6 Å². The summed E-state index contributed by atoms with van der Waals surface area (Å²) in [7, 11) is 0. The molecule has 0 atom stereocenters. The standard InChI is InChI=1S/C14H16N4OS/c19-14(6-9-20-13-4-2-1-3-5-13)17-10-12(11-17)18-8-7-15-16-18/h1-5,7-8,12H,6,9-11H2. The van der Waals surface area contributed by atoms with Crippen molar-refractivity contribution in [3.63, 3.8) is 0 Å². The van der Waals surface area contributed by atoms with Gasteiger partial charge in [0.1, 0.15) is 0 Å². The highest BCUT2D eigenvalue weighted by molar-refractivity contribution is 7.99. The molecular weight excluding hydrogens is 272 g/mol. The van der Waals surface area contributed by atoms with E-state index in [1.807, 2.05) is 34.0 Å². The Morgan fingerprint density at radius 1 is 1.30 bits per heavy atom. The Hall–Kier alpha value is -1.82. The van der Waals surface area contributed by atoms with Crippen LogP contribution >= 0.6 is 11.8 Å². The van der Waals surface area contributed by atoms with Crippen molar-refractivity contribution in [2.45, 2.75) is 17.4 Å². The van der Waals surface area contributed by atoms with E-state index in [1.165, 1.54) is 4.90 Å². The zero-order valence-corrected chi connectivity index (χ0v) is 11.9. The fraction of sp³-hybridized carbons (Fsp3) is 0.357. The van der Waals surface area contributed by atoms with Gasteiger partial charge in [-0.3, -0.25) is 4.79 Å². The molecule has 0 saturated carbocycles. The predicted molar refractivity (Wildman–Crippen MR) is 77.4 cm³/mol. The van der Waals surface area contributed by atoms with Gasteiger partial charge < -0.3 is 4.90 Å². The summed E-state index contributed by atoms with van der Waals surface area (Å²) < 4.78 is 1.82. The summed E-state index contributed by atoms with van der Waals surface area (Å²) >= 11 is 1.72. The van der Waals surface area contributed by atoms with Crippen molar-refractivity contribution >= 4 is 17.7 Å². The first kappa shape index (κ1) is 13.2. The lowest BCUT2D eigenvalue weighted by atomic mass is 10.1. The normalized spacial score (nSPS) is 15.1. The van der Waals surface area contributed by atoms with Crippen molar-refractivity contribution in [1.29, 1.82) is 0 Å². The van der Waals surface area contributed by atoms with Gasteiger partial charge in [0.25, 0.3) is 0 Å². The average molecular weight is 288 g/mol. The zero-order chi connectivity index (χ0) is 13.8. The minimum Gasteiger partial charge on any atom is -0.338 e. The Morgan fingerprint density at radius 3 is 2.80 bits per heavy atom. The smallest absolute Gasteiger partial charge is 0.223 e. The molecule has 2 heterocycles. The van der Waals surface area contributed by atoms with Crippen molar-refractivity contribution < 1.29 is 4.79 Å². The van der Waals surface area contributed by atoms with Crippen molar-refractivity contribution in [2.75, 3.05) is 18.8 Å². The number of nitrogens with zero attached hydrogens (tertiary/aromatic N) is 4. The molecule has 1 saturated heterocycles. The molecule has 0 radical (unpaired) electrons. The second kappa shape index (κ2) is 6.09. The number of hydrogen-bond donors (Lipinski definition) is 0. The molecule has 5 nitrogen and oxygen atoms in total. The number of amides is 1. The lowest BCUT2D eigenvalue weighted by Gasteiger charge is -2.38. The van der Waals surface area contributed by atoms with Crippen LogP contribution in [-0.2, 0) is 4.79 Å². The summed E-state index contributed by atoms with van der Waals surface area (Å²) in [5, 5.41) is 7.74. The van der Waals surface area contributed by atoms with Crippen LogP contribution in [-0.4, -0.2) is 44.6 Å². The van der Waals surface area contributed by atoms with Gasteiger partial charge >= 0.3 is 0 Å². The minimum atomic E-state index is 0.227. The molecule has 1 aliphatic heterocycles. The lowest BCUT2D eigenvalue weighted by Crippen LogP contribution is -2.51. The molecule has 1 aliphatic rings. The predicted octanol–water partition coefficient (Wildman–Crippen LogP) is 1.84. The third kappa shape index (κ3) is 3.01. The van der Waals surface area contributed by atoms with E-state index in [0.717, 1.165) is 18.8 Å². The number of rotatable bonds is 5. The first-order valence-corrected chi connectivity index (χ1v) is 7.63. The van der Waals surface area contributed by atoms with E-state index >= 15 is 0 Å². The Bertz CT molecular complexity index is 552. The van der Waals surface area contributed by atoms with Crippen molar-refractivity contribution in [3.05, 3.63) is 42.7 Å². The maximum Gasteiger partial charge on any atom is 0.223 e. The van der Waals surface area contributed by atoms with Gasteiger partial charge in [0.05, 0.1) is 12.2 Å². The zero-order valence-electron chi connectivity index (χ0n) is 11.1. The van der Waals surface area contributed by atoms with E-state index in [4.69, 9.17) is 0 Å². The van der Waals surface area contributed by atoms with Crippen LogP contribution in [0.4, 0.5) is 0 Å². The fourth-order valence-corrected chi connectivity index (χ4v) is 3.03. The number of carbonyl (C=O) groups is 1. The van der Waals surface area contributed by atoms with Gasteiger partial charge in [-0.2, -0.15) is 0 Å². The molecule has 0 aliphatic carbocycles. The summed E-state index contributed by atoms with van der Waals surface area (Å²) in [6.45, 7) is 1.50. The Labute approximate surface area is 122 Å². The summed E-state index contributed by atoms with van der Waals surface area (Å²) in [5.74, 6) is 1.05. The highest BCUT2D eigenvalue weighted by Crippen LogP contribution is 2.22. The molecule has 3 rings (SSSR count). The van der Waals surface area contributed by atoms with Crippen LogP contribution in [0.1, 0.15) is 12.5 Å². The van der Waals surface area contributed by atoms with Crippen LogP contribution < -0.4 is 0 Å². The van der Waals surface area contributed by atoms with Crippen LogP contribution in [0.3, 0.4) is 0 Å². The van der Waals surface area contributed by atoms with E-state index in [-0.39, 0.29) is 5.91 Å². The van der Waals surface area contributed by atoms with Gasteiger partial charge in [-0.1, -0.05) is 23.4 Å². The first-order chi connectivity index (χ1) is 9.83. The maximum atomic E-state index is 12.0. The van der Waals surface area contributed by atoms with Crippen LogP contribution in [0.25, 0.3) is 0 Å². The molecule has 1 fully saturated rings. The molecule has 2 aromatic rings. The fourth-order valence-electron chi connectivity index (χ4n) is 2.17. The highest BCUT2D eigenvalue weighted by atomic mass is 32.2. The summed E-state index contributed by atoms with van der Waals surface area (Å²) in [6, 6.07) is 10.5. The summed E-state index contributed by atoms with van der Waals surface area (Å²) in [5.41, 5.74) is 0. The quantitative estimate of drug-likeness (QED) is 0.788. The first-order valence-electron chi connectivity index (χ1n) is 6.64. The number of carbonyl (C=O) groups excluding carboxylic acids is 1. The van der Waals surface area contributed by atoms with Gasteiger partial charge in [0, 0.05) is 36.4 Å². The Morgan fingerprint density at radius 2 is 2.10 bits per heavy atom. The van der Waals surface area contributed by atoms with Crippen LogP contribution in [0.5, 0.6) is 0 Å². The number of likely N-dealkylation sites (tertiary alicyclic amines) is 1. The van der Waals surface area contributed by atoms with E-state index in [2.05, 4.69) is 22.4 Å². The minimum absolute atomic E-state index is 0.227. The second-order valence-corrected chi connectivity index (χ2v) is 5.92. The molecule has 104 valence electrons. The lowest BCUT2D eigenvalue weighted by molar-refractivity contribution is -0.136. The molecular formula is C14H16N4OS. The number of thioether (sulfide) groups is 1. The van der Waals surface area contributed by atoms with E-state index in [1.54, 1.807) is 18.0 Å². The molecule has 0 unspecified atom stereocenters. The monoisotopic (exact) mass is 288 g/mol. The Kier molecular flexibility index (Phi) is 4.01. The molecule has 0 N–H and O–H groups in total. The van der Waals surface area contributed by atoms with Gasteiger partial charge in [0.2, 0.25) is 5.91 Å². The average Bonchev–Trinajstić information content (AvgIpc) is 2.92. The molecule has 0 bridgehead atoms. The molecule has 6 heteroatoms. The Balaban J connectivity index is 1.39. The third-order valence-corrected chi connectivity index (χ3v) is 4.37. The van der Waals surface area contributed by atoms with Gasteiger partial charge in [-0.05, 0) is 12.1 Å². The molecule has 1 aromatic heterocycles. The van der Waals surface area contributed by atoms with Crippen molar-refractivity contribution in [1.82, 2.24) is 19.9 Å². The molecule has 0 spiro atoms. The summed E-state index contributed by atoms with van der Waals surface area (Å²) in [4.78, 5) is 15.1. The van der Waals surface area contributed by atoms with Crippen LogP contribution in [0, 0.1) is 0 Å². The topological polar surface area (TPSA) is 51.0 Å². The molecule has 1 amide bonds. The van der Waals surface area contributed by atoms with Gasteiger partial charge in [-0.25, -0.2) is 4.68 Å². The van der Waals surface area contributed by atoms with Gasteiger partial charge in [0.15, 0.2) is 0 Å². The van der Waals surface area contributed by atoms with E-state index < -0.39 is 0 Å². The van der Waals surface area contributed by atoms with Crippen molar-refractivity contribution in [2.24, 2.45) is 0 Å². The summed E-state index contributed by atoms with van der Waals surface area (Å²) in [6.07, 6.45) is 4.10. The van der Waals surface area contributed by atoms with E-state index in [0.29, 0.717) is 12.5 Å². The van der Waals surface area contributed by atoms with E-state index in [9.17, 15) is 4.79 Å². The van der Waals surface area contributed by atoms with Crippen molar-refractivity contribution in [3.8, 4) is 0 Å². The number of hydrogen-bond acceptors (Lipinski definition) is 4. The molecule has 20 heavy (non-hydrogen) atoms. The number of benzene rings is 1. The highest BCUT2D eigenvalue weighted by Gasteiger charge is 2.31. The largest absolute Gasteiger partial charge is 0.338 e. The number of aromatic nitrogens is 3. The second-order valence-electron chi connectivity index (χ2n) is 4.75. The maximum absolute atomic E-state index is 12.0. The molecule has 1 aromatic carbocycles.